The van der Waals surface area contributed by atoms with Crippen molar-refractivity contribution in [3.63, 3.8) is 0 Å². The second kappa shape index (κ2) is 7.37. The number of nitrogens with one attached hydrogen (secondary N) is 1. The van der Waals surface area contributed by atoms with E-state index in [2.05, 4.69) is 5.32 Å². The van der Waals surface area contributed by atoms with E-state index in [9.17, 15) is 4.79 Å². The zero-order chi connectivity index (χ0) is 18.8. The number of hydrogen-bond donors (Lipinski definition) is 1. The summed E-state index contributed by atoms with van der Waals surface area (Å²) in [5.74, 6) is 1.30. The number of carbonyl (C=O) groups excluding carboxylic acids is 1. The Morgan fingerprint density at radius 2 is 1.89 bits per heavy atom. The number of rotatable bonds is 5. The van der Waals surface area contributed by atoms with Crippen LogP contribution in [0.5, 0.6) is 5.75 Å². The first kappa shape index (κ1) is 17.5. The summed E-state index contributed by atoms with van der Waals surface area (Å²) in [6.45, 7) is 0. The highest BCUT2D eigenvalue weighted by Gasteiger charge is 2.15. The predicted octanol–water partition coefficient (Wildman–Crippen LogP) is 5.71. The van der Waals surface area contributed by atoms with Gasteiger partial charge in [-0.15, -0.1) is 0 Å². The van der Waals surface area contributed by atoms with Gasteiger partial charge in [0.25, 0.3) is 5.91 Å². The number of carbonyl (C=O) groups is 1. The van der Waals surface area contributed by atoms with Crippen molar-refractivity contribution < 1.29 is 13.9 Å². The molecule has 0 atom stereocenters. The highest BCUT2D eigenvalue weighted by molar-refractivity contribution is 7.97. The number of thioether (sulfide) groups is 1. The van der Waals surface area contributed by atoms with Gasteiger partial charge in [0.1, 0.15) is 16.9 Å². The van der Waals surface area contributed by atoms with Crippen molar-refractivity contribution in [2.45, 2.75) is 5.75 Å². The highest BCUT2D eigenvalue weighted by atomic mass is 32.2. The van der Waals surface area contributed by atoms with Gasteiger partial charge in [0, 0.05) is 28.2 Å². The summed E-state index contributed by atoms with van der Waals surface area (Å²) in [6.07, 6.45) is 2.04. The Bertz CT molecular complexity index is 1130. The molecule has 1 heterocycles. The van der Waals surface area contributed by atoms with Crippen molar-refractivity contribution in [1.82, 2.24) is 0 Å². The summed E-state index contributed by atoms with van der Waals surface area (Å²) in [5.41, 5.74) is 3.85. The Balaban J connectivity index is 1.71. The molecular weight excluding hydrogens is 358 g/mol. The summed E-state index contributed by atoms with van der Waals surface area (Å²) >= 11 is 1.72. The van der Waals surface area contributed by atoms with Crippen molar-refractivity contribution in [2.75, 3.05) is 18.7 Å². The van der Waals surface area contributed by atoms with Gasteiger partial charge < -0.3 is 14.5 Å². The fourth-order valence-corrected chi connectivity index (χ4v) is 3.69. The van der Waals surface area contributed by atoms with Crippen LogP contribution in [0.3, 0.4) is 0 Å². The molecule has 4 nitrogen and oxygen atoms in total. The number of fused-ring (bicyclic) bond motifs is 3. The summed E-state index contributed by atoms with van der Waals surface area (Å²) in [5, 5.41) is 4.94. The van der Waals surface area contributed by atoms with Gasteiger partial charge in [0.2, 0.25) is 0 Å². The molecule has 0 fully saturated rings. The molecule has 136 valence electrons. The van der Waals surface area contributed by atoms with E-state index in [0.717, 1.165) is 27.7 Å². The quantitative estimate of drug-likeness (QED) is 0.484. The van der Waals surface area contributed by atoms with Crippen LogP contribution in [-0.2, 0) is 5.75 Å². The van der Waals surface area contributed by atoms with Crippen LogP contribution in [0.15, 0.2) is 65.1 Å². The molecule has 1 N–H and O–H groups in total. The lowest BCUT2D eigenvalue weighted by atomic mass is 10.1. The van der Waals surface area contributed by atoms with Crippen LogP contribution in [0.25, 0.3) is 21.9 Å². The average molecular weight is 377 g/mol. The lowest BCUT2D eigenvalue weighted by Gasteiger charge is -2.11. The zero-order valence-electron chi connectivity index (χ0n) is 15.1. The molecule has 0 aliphatic rings. The van der Waals surface area contributed by atoms with Gasteiger partial charge in [-0.1, -0.05) is 30.3 Å². The first-order valence-electron chi connectivity index (χ1n) is 8.58. The Morgan fingerprint density at radius 3 is 2.70 bits per heavy atom. The maximum Gasteiger partial charge on any atom is 0.255 e. The lowest BCUT2D eigenvalue weighted by Crippen LogP contribution is -2.12. The summed E-state index contributed by atoms with van der Waals surface area (Å²) in [4.78, 5) is 12.7. The molecule has 3 aromatic carbocycles. The van der Waals surface area contributed by atoms with E-state index < -0.39 is 0 Å². The molecule has 0 spiro atoms. The first-order chi connectivity index (χ1) is 13.2. The monoisotopic (exact) mass is 377 g/mol. The number of methoxy groups -OCH3 is 1. The van der Waals surface area contributed by atoms with Crippen molar-refractivity contribution in [3.05, 3.63) is 71.8 Å². The van der Waals surface area contributed by atoms with Gasteiger partial charge in [-0.3, -0.25) is 4.79 Å². The van der Waals surface area contributed by atoms with Crippen LogP contribution in [0.2, 0.25) is 0 Å². The molecule has 0 saturated carbocycles. The minimum atomic E-state index is -0.174. The van der Waals surface area contributed by atoms with E-state index in [1.54, 1.807) is 18.9 Å². The Morgan fingerprint density at radius 1 is 1.04 bits per heavy atom. The smallest absolute Gasteiger partial charge is 0.255 e. The van der Waals surface area contributed by atoms with E-state index in [1.165, 1.54) is 0 Å². The molecular formula is C22H19NO3S. The molecule has 0 radical (unpaired) electrons. The molecule has 1 amide bonds. The summed E-state index contributed by atoms with van der Waals surface area (Å²) < 4.78 is 11.4. The lowest BCUT2D eigenvalue weighted by molar-refractivity contribution is 0.102. The molecule has 0 aliphatic carbocycles. The largest absolute Gasteiger partial charge is 0.495 e. The van der Waals surface area contributed by atoms with Gasteiger partial charge in [0.15, 0.2) is 0 Å². The van der Waals surface area contributed by atoms with Gasteiger partial charge >= 0.3 is 0 Å². The average Bonchev–Trinajstić information content (AvgIpc) is 3.05. The highest BCUT2D eigenvalue weighted by Crippen LogP contribution is 2.36. The van der Waals surface area contributed by atoms with Crippen LogP contribution in [0, 0.1) is 0 Å². The van der Waals surface area contributed by atoms with E-state index in [0.29, 0.717) is 22.6 Å². The van der Waals surface area contributed by atoms with Crippen LogP contribution >= 0.6 is 11.8 Å². The van der Waals surface area contributed by atoms with Crippen LogP contribution < -0.4 is 10.1 Å². The first-order valence-corrected chi connectivity index (χ1v) is 9.97. The number of ether oxygens (including phenoxy) is 1. The maximum absolute atomic E-state index is 12.7. The second-order valence-electron chi connectivity index (χ2n) is 6.23. The number of benzene rings is 3. The minimum Gasteiger partial charge on any atom is -0.495 e. The molecule has 1 aromatic heterocycles. The van der Waals surface area contributed by atoms with Crippen molar-refractivity contribution >= 4 is 45.3 Å². The third-order valence-corrected chi connectivity index (χ3v) is 5.07. The van der Waals surface area contributed by atoms with E-state index in [-0.39, 0.29) is 5.91 Å². The molecule has 0 bridgehead atoms. The molecule has 27 heavy (non-hydrogen) atoms. The predicted molar refractivity (Wildman–Crippen MR) is 112 cm³/mol. The van der Waals surface area contributed by atoms with Crippen LogP contribution in [0.1, 0.15) is 15.9 Å². The SMILES string of the molecule is COc1cc2c(cc1NC(=O)c1cccc(CSC)c1)oc1ccccc12. The minimum absolute atomic E-state index is 0.174. The Labute approximate surface area is 161 Å². The van der Waals surface area contributed by atoms with E-state index in [4.69, 9.17) is 9.15 Å². The Hall–Kier alpha value is -2.92. The normalized spacial score (nSPS) is 11.0. The Kier molecular flexibility index (Phi) is 4.77. The van der Waals surface area contributed by atoms with Crippen LogP contribution in [0.4, 0.5) is 5.69 Å². The van der Waals surface area contributed by atoms with Gasteiger partial charge in [-0.25, -0.2) is 0 Å². The third kappa shape index (κ3) is 3.38. The zero-order valence-corrected chi connectivity index (χ0v) is 15.9. The number of furan rings is 1. The second-order valence-corrected chi connectivity index (χ2v) is 7.10. The maximum atomic E-state index is 12.7. The van der Waals surface area contributed by atoms with E-state index >= 15 is 0 Å². The van der Waals surface area contributed by atoms with Crippen molar-refractivity contribution in [2.24, 2.45) is 0 Å². The van der Waals surface area contributed by atoms with Gasteiger partial charge in [0.05, 0.1) is 12.8 Å². The number of para-hydroxylation sites is 1. The molecule has 0 saturated heterocycles. The molecule has 0 aliphatic heterocycles. The van der Waals surface area contributed by atoms with Gasteiger partial charge in [-0.05, 0) is 36.1 Å². The number of hydrogen-bond acceptors (Lipinski definition) is 4. The topological polar surface area (TPSA) is 51.5 Å². The van der Waals surface area contributed by atoms with Gasteiger partial charge in [-0.2, -0.15) is 11.8 Å². The molecule has 0 unspecified atom stereocenters. The number of anilines is 1. The van der Waals surface area contributed by atoms with Crippen LogP contribution in [-0.4, -0.2) is 19.3 Å². The molecule has 5 heteroatoms. The molecule has 4 aromatic rings. The van der Waals surface area contributed by atoms with E-state index in [1.807, 2.05) is 66.9 Å². The van der Waals surface area contributed by atoms with Crippen molar-refractivity contribution in [3.8, 4) is 5.75 Å². The number of amides is 1. The molecule has 4 rings (SSSR count). The summed E-state index contributed by atoms with van der Waals surface area (Å²) in [6, 6.07) is 19.2. The fraction of sp³-hybridized carbons (Fsp3) is 0.136. The fourth-order valence-electron chi connectivity index (χ4n) is 3.18. The van der Waals surface area contributed by atoms with Crippen molar-refractivity contribution in [1.29, 1.82) is 0 Å². The standard InChI is InChI=1S/C22H19NO3S/c1-25-21-11-17-16-8-3-4-9-19(16)26-20(17)12-18(21)23-22(24)15-7-5-6-14(10-15)13-27-2/h3-12H,13H2,1-2H3,(H,23,24). The summed E-state index contributed by atoms with van der Waals surface area (Å²) in [7, 11) is 1.60. The third-order valence-electron chi connectivity index (χ3n) is 4.45.